The van der Waals surface area contributed by atoms with Crippen LogP contribution in [0, 0.1) is 5.92 Å². The fraction of sp³-hybridized carbons (Fsp3) is 0.375. The Morgan fingerprint density at radius 1 is 0.967 bits per heavy atom. The van der Waals surface area contributed by atoms with Gasteiger partial charge in [-0.15, -0.1) is 22.7 Å². The predicted octanol–water partition coefficient (Wildman–Crippen LogP) is 8.21. The molecule has 3 nitrogen and oxygen atoms in total. The summed E-state index contributed by atoms with van der Waals surface area (Å²) in [6.07, 6.45) is 0.244. The van der Waals surface area contributed by atoms with E-state index in [1.165, 1.54) is 18.4 Å². The zero-order chi connectivity index (χ0) is 22.7. The van der Waals surface area contributed by atoms with Gasteiger partial charge in [0.1, 0.15) is 5.75 Å². The minimum Gasteiger partial charge on any atom is -0.497 e. The van der Waals surface area contributed by atoms with Crippen molar-refractivity contribution >= 4 is 40.2 Å². The number of esters is 1. The highest BCUT2D eigenvalue weighted by molar-refractivity contribution is 7.25. The molecule has 164 valence electrons. The van der Waals surface area contributed by atoms with Crippen molar-refractivity contribution in [2.24, 2.45) is 5.92 Å². The standard InChI is InChI=1S/C18H15ClO3S2.C4H10.C2H6/c1-21-13-5-3-11(4-6-13)15-9-12(10-17(20)22-2)18(24-15)14-7-8-16(19)23-14;1-4(2)3;1-2/h3-9H,10H2,1-2H3;4H,1-3H3;1-2H3. The van der Waals surface area contributed by atoms with Crippen molar-refractivity contribution in [2.45, 2.75) is 41.0 Å². The molecule has 6 heteroatoms. The van der Waals surface area contributed by atoms with E-state index < -0.39 is 0 Å². The van der Waals surface area contributed by atoms with Crippen LogP contribution in [0.15, 0.2) is 42.5 Å². The molecule has 0 unspecified atom stereocenters. The molecule has 1 aromatic carbocycles. The van der Waals surface area contributed by atoms with Gasteiger partial charge in [-0.25, -0.2) is 0 Å². The number of carbonyl (C=O) groups is 1. The van der Waals surface area contributed by atoms with Crippen LogP contribution in [0.4, 0.5) is 0 Å². The number of ether oxygens (including phenoxy) is 2. The molecule has 3 aromatic rings. The van der Waals surface area contributed by atoms with E-state index in [9.17, 15) is 4.79 Å². The average Bonchev–Trinajstić information content (AvgIpc) is 3.35. The fourth-order valence-electron chi connectivity index (χ4n) is 2.33. The summed E-state index contributed by atoms with van der Waals surface area (Å²) in [6.45, 7) is 10.5. The number of halogens is 1. The topological polar surface area (TPSA) is 35.5 Å². The van der Waals surface area contributed by atoms with Crippen LogP contribution in [0.2, 0.25) is 4.34 Å². The molecule has 0 amide bonds. The van der Waals surface area contributed by atoms with E-state index in [1.54, 1.807) is 18.4 Å². The maximum atomic E-state index is 11.7. The lowest BCUT2D eigenvalue weighted by Crippen LogP contribution is -2.04. The van der Waals surface area contributed by atoms with Crippen molar-refractivity contribution in [3.8, 4) is 25.9 Å². The predicted molar refractivity (Wildman–Crippen MR) is 132 cm³/mol. The highest BCUT2D eigenvalue weighted by atomic mass is 35.5. The molecule has 0 aliphatic heterocycles. The van der Waals surface area contributed by atoms with Gasteiger partial charge in [-0.1, -0.05) is 46.2 Å². The first-order chi connectivity index (χ1) is 14.3. The summed E-state index contributed by atoms with van der Waals surface area (Å²) in [5, 5.41) is 0. The van der Waals surface area contributed by atoms with Gasteiger partial charge in [0.15, 0.2) is 0 Å². The van der Waals surface area contributed by atoms with Crippen LogP contribution in [-0.2, 0) is 16.0 Å². The molecule has 0 saturated carbocycles. The molecular weight excluding hydrogens is 436 g/mol. The first kappa shape index (κ1) is 26.2. The van der Waals surface area contributed by atoms with Crippen LogP contribution in [0.3, 0.4) is 0 Å². The van der Waals surface area contributed by atoms with Gasteiger partial charge in [0.2, 0.25) is 0 Å². The number of hydrogen-bond acceptors (Lipinski definition) is 5. The molecule has 0 aliphatic rings. The number of hydrogen-bond donors (Lipinski definition) is 0. The van der Waals surface area contributed by atoms with E-state index in [2.05, 4.69) is 20.8 Å². The summed E-state index contributed by atoms with van der Waals surface area (Å²) in [6, 6.07) is 13.8. The first-order valence-corrected chi connectivity index (χ1v) is 11.9. The lowest BCUT2D eigenvalue weighted by molar-refractivity contribution is -0.139. The number of carbonyl (C=O) groups excluding carboxylic acids is 1. The lowest BCUT2D eigenvalue weighted by atomic mass is 10.1. The van der Waals surface area contributed by atoms with Gasteiger partial charge >= 0.3 is 5.97 Å². The van der Waals surface area contributed by atoms with E-state index in [0.29, 0.717) is 0 Å². The third kappa shape index (κ3) is 8.13. The van der Waals surface area contributed by atoms with E-state index in [1.807, 2.05) is 56.3 Å². The lowest BCUT2D eigenvalue weighted by Gasteiger charge is -2.00. The Morgan fingerprint density at radius 2 is 1.57 bits per heavy atom. The SMILES string of the molecule is CC.CC(C)C.COC(=O)Cc1cc(-c2ccc(OC)cc2)sc1-c1ccc(Cl)s1. The Bertz CT molecular complexity index is 893. The highest BCUT2D eigenvalue weighted by Gasteiger charge is 2.17. The Balaban J connectivity index is 0.000000673. The molecule has 2 heterocycles. The summed E-state index contributed by atoms with van der Waals surface area (Å²) in [5.41, 5.74) is 2.04. The molecular formula is C24H31ClO3S2. The van der Waals surface area contributed by atoms with Crippen molar-refractivity contribution < 1.29 is 14.3 Å². The highest BCUT2D eigenvalue weighted by Crippen LogP contribution is 2.42. The third-order valence-corrected chi connectivity index (χ3v) is 6.18. The Morgan fingerprint density at radius 3 is 2.03 bits per heavy atom. The minimum absolute atomic E-state index is 0.244. The van der Waals surface area contributed by atoms with Crippen LogP contribution in [0.1, 0.15) is 40.2 Å². The maximum Gasteiger partial charge on any atom is 0.310 e. The molecule has 0 radical (unpaired) electrons. The molecule has 0 N–H and O–H groups in total. The third-order valence-electron chi connectivity index (χ3n) is 3.54. The van der Waals surface area contributed by atoms with Crippen molar-refractivity contribution in [3.63, 3.8) is 0 Å². The number of methoxy groups -OCH3 is 2. The summed E-state index contributed by atoms with van der Waals surface area (Å²) >= 11 is 9.23. The minimum atomic E-state index is -0.252. The zero-order valence-electron chi connectivity index (χ0n) is 18.7. The number of rotatable bonds is 5. The Kier molecular flexibility index (Phi) is 11.8. The maximum absolute atomic E-state index is 11.7. The van der Waals surface area contributed by atoms with Crippen LogP contribution in [0.25, 0.3) is 20.2 Å². The van der Waals surface area contributed by atoms with Gasteiger partial charge in [-0.2, -0.15) is 0 Å². The monoisotopic (exact) mass is 466 g/mol. The van der Waals surface area contributed by atoms with E-state index >= 15 is 0 Å². The van der Waals surface area contributed by atoms with Crippen LogP contribution >= 0.6 is 34.3 Å². The van der Waals surface area contributed by atoms with E-state index in [-0.39, 0.29) is 12.4 Å². The van der Waals surface area contributed by atoms with Gasteiger partial charge in [0.25, 0.3) is 0 Å². The zero-order valence-corrected chi connectivity index (χ0v) is 21.1. The molecule has 0 spiro atoms. The second-order valence-electron chi connectivity index (χ2n) is 6.78. The largest absolute Gasteiger partial charge is 0.497 e. The van der Waals surface area contributed by atoms with Crippen LogP contribution in [0.5, 0.6) is 5.75 Å². The molecule has 0 atom stereocenters. The molecule has 0 saturated heterocycles. The van der Waals surface area contributed by atoms with Gasteiger partial charge in [-0.05, 0) is 59.5 Å². The van der Waals surface area contributed by atoms with Crippen molar-refractivity contribution in [3.05, 3.63) is 52.4 Å². The van der Waals surface area contributed by atoms with Gasteiger partial charge < -0.3 is 9.47 Å². The van der Waals surface area contributed by atoms with Crippen molar-refractivity contribution in [2.75, 3.05) is 14.2 Å². The van der Waals surface area contributed by atoms with E-state index in [4.69, 9.17) is 21.1 Å². The molecule has 3 rings (SSSR count). The first-order valence-electron chi connectivity index (χ1n) is 9.93. The molecule has 2 aromatic heterocycles. The van der Waals surface area contributed by atoms with Crippen molar-refractivity contribution in [1.29, 1.82) is 0 Å². The van der Waals surface area contributed by atoms with Gasteiger partial charge in [-0.3, -0.25) is 4.79 Å². The average molecular weight is 467 g/mol. The summed E-state index contributed by atoms with van der Waals surface area (Å²) in [5.74, 6) is 1.40. The molecule has 0 fully saturated rings. The number of thiophene rings is 2. The Labute approximate surface area is 193 Å². The smallest absolute Gasteiger partial charge is 0.310 e. The normalized spacial score (nSPS) is 9.90. The van der Waals surface area contributed by atoms with Crippen LogP contribution in [-0.4, -0.2) is 20.2 Å². The van der Waals surface area contributed by atoms with Crippen LogP contribution < -0.4 is 4.74 Å². The number of benzene rings is 1. The summed E-state index contributed by atoms with van der Waals surface area (Å²) in [7, 11) is 3.05. The second kappa shape index (κ2) is 13.5. The Hall–Kier alpha value is -1.82. The van der Waals surface area contributed by atoms with E-state index in [0.717, 1.165) is 41.8 Å². The fourth-order valence-corrected chi connectivity index (χ4v) is 4.70. The summed E-state index contributed by atoms with van der Waals surface area (Å²) in [4.78, 5) is 15.0. The summed E-state index contributed by atoms with van der Waals surface area (Å²) < 4.78 is 10.8. The molecule has 0 aliphatic carbocycles. The molecule has 0 bridgehead atoms. The van der Waals surface area contributed by atoms with Crippen molar-refractivity contribution in [1.82, 2.24) is 0 Å². The molecule has 30 heavy (non-hydrogen) atoms. The van der Waals surface area contributed by atoms with Gasteiger partial charge in [0, 0.05) is 14.6 Å². The second-order valence-corrected chi connectivity index (χ2v) is 9.55. The quantitative estimate of drug-likeness (QED) is 0.355. The van der Waals surface area contributed by atoms with Gasteiger partial charge in [0.05, 0.1) is 25.0 Å².